The lowest BCUT2D eigenvalue weighted by molar-refractivity contribution is -0.385. The van der Waals surface area contributed by atoms with Crippen LogP contribution in [0.5, 0.6) is 0 Å². The van der Waals surface area contributed by atoms with E-state index in [9.17, 15) is 14.9 Å². The Hall–Kier alpha value is -1.95. The first-order valence-corrected chi connectivity index (χ1v) is 6.07. The van der Waals surface area contributed by atoms with Gasteiger partial charge in [-0.2, -0.15) is 0 Å². The second kappa shape index (κ2) is 4.62. The minimum absolute atomic E-state index is 0.107. The fraction of sp³-hybridized carbons (Fsp3) is 0.333. The minimum Gasteiger partial charge on any atom is -0.269 e. The second-order valence-corrected chi connectivity index (χ2v) is 4.96. The molecule has 2 aromatic rings. The van der Waals surface area contributed by atoms with Crippen LogP contribution in [-0.2, 0) is 0 Å². The van der Waals surface area contributed by atoms with Crippen molar-refractivity contribution in [2.75, 3.05) is 0 Å². The molecule has 0 fully saturated rings. The van der Waals surface area contributed by atoms with Gasteiger partial charge in [-0.15, -0.1) is 0 Å². The molecule has 7 heteroatoms. The molecule has 2 rings (SSSR count). The number of hydrogen-bond acceptors (Lipinski definition) is 4. The van der Waals surface area contributed by atoms with Crippen LogP contribution >= 0.6 is 11.6 Å². The van der Waals surface area contributed by atoms with E-state index in [2.05, 4.69) is 4.98 Å². The first-order valence-electron chi connectivity index (χ1n) is 5.69. The number of aryl methyl sites for hydroxylation is 1. The summed E-state index contributed by atoms with van der Waals surface area (Å²) in [5.41, 5.74) is 0.617. The largest absolute Gasteiger partial charge is 0.289 e. The highest BCUT2D eigenvalue weighted by Crippen LogP contribution is 2.22. The van der Waals surface area contributed by atoms with Crippen molar-refractivity contribution in [3.63, 3.8) is 0 Å². The van der Waals surface area contributed by atoms with Gasteiger partial charge in [-0.3, -0.25) is 19.3 Å². The van der Waals surface area contributed by atoms with Crippen LogP contribution in [-0.4, -0.2) is 14.3 Å². The molecular formula is C12H12ClN3O3. The highest BCUT2D eigenvalue weighted by molar-refractivity contribution is 6.30. The van der Waals surface area contributed by atoms with Gasteiger partial charge >= 0.3 is 0 Å². The van der Waals surface area contributed by atoms with Crippen molar-refractivity contribution in [3.05, 3.63) is 49.0 Å². The monoisotopic (exact) mass is 281 g/mol. The topological polar surface area (TPSA) is 77.5 Å². The highest BCUT2D eigenvalue weighted by atomic mass is 35.5. The maximum Gasteiger partial charge on any atom is 0.289 e. The molecule has 0 aromatic carbocycles. The molecule has 0 atom stereocenters. The quantitative estimate of drug-likeness (QED) is 0.482. The van der Waals surface area contributed by atoms with Crippen LogP contribution in [0, 0.1) is 17.0 Å². The normalized spacial score (nSPS) is 11.2. The van der Waals surface area contributed by atoms with Crippen molar-refractivity contribution >= 4 is 22.9 Å². The van der Waals surface area contributed by atoms with E-state index in [-0.39, 0.29) is 22.3 Å². The first kappa shape index (κ1) is 13.5. The summed E-state index contributed by atoms with van der Waals surface area (Å²) in [6.45, 7) is 5.23. The average Bonchev–Trinajstić information content (AvgIpc) is 2.26. The molecule has 100 valence electrons. The Kier molecular flexibility index (Phi) is 3.28. The second-order valence-electron chi connectivity index (χ2n) is 4.60. The fourth-order valence-electron chi connectivity index (χ4n) is 1.93. The third-order valence-electron chi connectivity index (χ3n) is 2.91. The van der Waals surface area contributed by atoms with Gasteiger partial charge in [-0.05, 0) is 18.9 Å². The maximum absolute atomic E-state index is 12.3. The zero-order valence-electron chi connectivity index (χ0n) is 10.7. The van der Waals surface area contributed by atoms with Crippen LogP contribution < -0.4 is 5.56 Å². The van der Waals surface area contributed by atoms with Crippen molar-refractivity contribution in [2.45, 2.75) is 26.7 Å². The molecular weight excluding hydrogens is 270 g/mol. The van der Waals surface area contributed by atoms with Crippen LogP contribution in [0.4, 0.5) is 5.69 Å². The van der Waals surface area contributed by atoms with Crippen molar-refractivity contribution in [1.82, 2.24) is 9.38 Å². The lowest BCUT2D eigenvalue weighted by Crippen LogP contribution is -2.21. The Bertz CT molecular complexity index is 737. The van der Waals surface area contributed by atoms with Crippen LogP contribution in [0.1, 0.15) is 30.9 Å². The molecule has 2 aromatic heterocycles. The van der Waals surface area contributed by atoms with Crippen molar-refractivity contribution in [3.8, 4) is 0 Å². The van der Waals surface area contributed by atoms with Gasteiger partial charge in [-0.25, -0.2) is 4.98 Å². The summed E-state index contributed by atoms with van der Waals surface area (Å²) < 4.78 is 1.17. The predicted octanol–water partition coefficient (Wildman–Crippen LogP) is 2.69. The summed E-state index contributed by atoms with van der Waals surface area (Å²) in [6.07, 6.45) is 1.20. The van der Waals surface area contributed by atoms with Crippen LogP contribution in [0.15, 0.2) is 17.1 Å². The maximum atomic E-state index is 12.3. The summed E-state index contributed by atoms with van der Waals surface area (Å²) in [6, 6.07) is 1.48. The molecule has 0 aliphatic rings. The van der Waals surface area contributed by atoms with E-state index >= 15 is 0 Å². The Labute approximate surface area is 113 Å². The number of aromatic nitrogens is 2. The Morgan fingerprint density at radius 2 is 2.11 bits per heavy atom. The highest BCUT2D eigenvalue weighted by Gasteiger charge is 2.18. The molecule has 0 spiro atoms. The molecule has 2 heterocycles. The predicted molar refractivity (Wildman–Crippen MR) is 72.0 cm³/mol. The molecule has 0 amide bonds. The van der Waals surface area contributed by atoms with Gasteiger partial charge in [0.25, 0.3) is 11.2 Å². The van der Waals surface area contributed by atoms with E-state index in [1.807, 2.05) is 13.8 Å². The summed E-state index contributed by atoms with van der Waals surface area (Å²) in [7, 11) is 0. The van der Waals surface area contributed by atoms with Crippen molar-refractivity contribution in [2.24, 2.45) is 0 Å². The molecule has 0 aliphatic heterocycles. The smallest absolute Gasteiger partial charge is 0.269 e. The molecule has 0 saturated carbocycles. The van der Waals surface area contributed by atoms with Crippen LogP contribution in [0.2, 0.25) is 5.15 Å². The number of nitro groups is 1. The first-order chi connectivity index (χ1) is 8.82. The standard InChI is InChI=1S/C12H12ClN3O3/c1-6(2)10-11(13)14-9-4-7(3)8(16(18)19)5-15(9)12(10)17/h4-6H,1-3H3. The van der Waals surface area contributed by atoms with Crippen molar-refractivity contribution < 1.29 is 4.92 Å². The average molecular weight is 282 g/mol. The summed E-state index contributed by atoms with van der Waals surface area (Å²) in [5, 5.41) is 11.1. The van der Waals surface area contributed by atoms with Gasteiger partial charge in [0.2, 0.25) is 0 Å². The number of hydrogen-bond donors (Lipinski definition) is 0. The fourth-order valence-corrected chi connectivity index (χ4v) is 2.32. The van der Waals surface area contributed by atoms with Gasteiger partial charge < -0.3 is 0 Å². The molecule has 0 N–H and O–H groups in total. The number of halogens is 1. The third-order valence-corrected chi connectivity index (χ3v) is 3.19. The zero-order valence-corrected chi connectivity index (χ0v) is 11.4. The van der Waals surface area contributed by atoms with E-state index < -0.39 is 4.92 Å². The van der Waals surface area contributed by atoms with E-state index in [0.717, 1.165) is 0 Å². The van der Waals surface area contributed by atoms with Gasteiger partial charge in [-0.1, -0.05) is 25.4 Å². The lowest BCUT2D eigenvalue weighted by Gasteiger charge is -2.09. The molecule has 0 aliphatic carbocycles. The van der Waals surface area contributed by atoms with Crippen molar-refractivity contribution in [1.29, 1.82) is 0 Å². The molecule has 6 nitrogen and oxygen atoms in total. The van der Waals surface area contributed by atoms with E-state index in [1.54, 1.807) is 6.92 Å². The lowest BCUT2D eigenvalue weighted by atomic mass is 10.1. The summed E-state index contributed by atoms with van der Waals surface area (Å²) in [4.78, 5) is 26.8. The van der Waals surface area contributed by atoms with E-state index in [0.29, 0.717) is 16.8 Å². The minimum atomic E-state index is -0.523. The van der Waals surface area contributed by atoms with Gasteiger partial charge in [0.15, 0.2) is 0 Å². The number of nitrogens with zero attached hydrogens (tertiary/aromatic N) is 3. The molecule has 0 bridgehead atoms. The van der Waals surface area contributed by atoms with Crippen LogP contribution in [0.25, 0.3) is 5.65 Å². The SMILES string of the molecule is Cc1cc2nc(Cl)c(C(C)C)c(=O)n2cc1[N+](=O)[O-]. The Balaban J connectivity index is 2.92. The molecule has 0 radical (unpaired) electrons. The van der Waals surface area contributed by atoms with E-state index in [1.165, 1.54) is 16.7 Å². The number of fused-ring (bicyclic) bond motifs is 1. The molecule has 0 unspecified atom stereocenters. The van der Waals surface area contributed by atoms with Gasteiger partial charge in [0.1, 0.15) is 10.8 Å². The van der Waals surface area contributed by atoms with E-state index in [4.69, 9.17) is 11.6 Å². The van der Waals surface area contributed by atoms with Crippen LogP contribution in [0.3, 0.4) is 0 Å². The Morgan fingerprint density at radius 3 is 2.63 bits per heavy atom. The van der Waals surface area contributed by atoms with Gasteiger partial charge in [0.05, 0.1) is 16.7 Å². The number of pyridine rings is 1. The number of rotatable bonds is 2. The molecule has 0 saturated heterocycles. The zero-order chi connectivity index (χ0) is 14.3. The summed E-state index contributed by atoms with van der Waals surface area (Å²) in [5.74, 6) is -0.107. The Morgan fingerprint density at radius 1 is 1.47 bits per heavy atom. The van der Waals surface area contributed by atoms with Gasteiger partial charge in [0, 0.05) is 5.56 Å². The molecule has 19 heavy (non-hydrogen) atoms. The summed E-state index contributed by atoms with van der Waals surface area (Å²) >= 11 is 6.00. The third kappa shape index (κ3) is 2.19.